The van der Waals surface area contributed by atoms with Gasteiger partial charge in [-0.1, -0.05) is 6.07 Å². The molecule has 0 saturated heterocycles. The molecule has 17 heavy (non-hydrogen) atoms. The van der Waals surface area contributed by atoms with Crippen molar-refractivity contribution < 1.29 is 14.3 Å². The molecule has 1 aliphatic rings. The van der Waals surface area contributed by atoms with Crippen LogP contribution in [0.5, 0.6) is 5.75 Å². The number of nitrogen functional groups attached to an aromatic ring is 1. The molecule has 0 amide bonds. The highest BCUT2D eigenvalue weighted by molar-refractivity contribution is 5.82. The van der Waals surface area contributed by atoms with Gasteiger partial charge in [0.25, 0.3) is 0 Å². The average Bonchev–Trinajstić information content (AvgIpc) is 2.28. The fourth-order valence-corrected chi connectivity index (χ4v) is 1.99. The summed E-state index contributed by atoms with van der Waals surface area (Å²) in [6.07, 6.45) is 0.0222. The predicted octanol–water partition coefficient (Wildman–Crippen LogP) is 1.03. The van der Waals surface area contributed by atoms with Crippen molar-refractivity contribution >= 4 is 17.3 Å². The number of hydrogen-bond acceptors (Lipinski definition) is 5. The SMILES string of the molecule is COC(=O)CN1CC(C)Oc2cccc(N)c21. The van der Waals surface area contributed by atoms with Gasteiger partial charge in [-0.05, 0) is 19.1 Å². The van der Waals surface area contributed by atoms with E-state index in [1.54, 1.807) is 6.07 Å². The van der Waals surface area contributed by atoms with Crippen LogP contribution in [0.3, 0.4) is 0 Å². The summed E-state index contributed by atoms with van der Waals surface area (Å²) in [4.78, 5) is 13.3. The molecule has 1 unspecified atom stereocenters. The number of carbonyl (C=O) groups excluding carboxylic acids is 1. The molecule has 1 aromatic rings. The van der Waals surface area contributed by atoms with Crippen molar-refractivity contribution in [2.45, 2.75) is 13.0 Å². The number of carbonyl (C=O) groups is 1. The van der Waals surface area contributed by atoms with Crippen molar-refractivity contribution in [3.8, 4) is 5.75 Å². The summed E-state index contributed by atoms with van der Waals surface area (Å²) < 4.78 is 10.4. The van der Waals surface area contributed by atoms with Gasteiger partial charge in [-0.15, -0.1) is 0 Å². The van der Waals surface area contributed by atoms with Crippen molar-refractivity contribution in [1.29, 1.82) is 0 Å². The van der Waals surface area contributed by atoms with E-state index in [2.05, 4.69) is 4.74 Å². The van der Waals surface area contributed by atoms with Crippen molar-refractivity contribution in [3.05, 3.63) is 18.2 Å². The number of anilines is 2. The number of nitrogens with zero attached hydrogens (tertiary/aromatic N) is 1. The summed E-state index contributed by atoms with van der Waals surface area (Å²) in [5, 5.41) is 0. The number of methoxy groups -OCH3 is 1. The van der Waals surface area contributed by atoms with Gasteiger partial charge in [-0.25, -0.2) is 0 Å². The number of nitrogens with two attached hydrogens (primary N) is 1. The van der Waals surface area contributed by atoms with E-state index in [1.165, 1.54) is 7.11 Å². The van der Waals surface area contributed by atoms with Gasteiger partial charge in [0, 0.05) is 0 Å². The summed E-state index contributed by atoms with van der Waals surface area (Å²) >= 11 is 0. The highest BCUT2D eigenvalue weighted by Gasteiger charge is 2.26. The van der Waals surface area contributed by atoms with Crippen LogP contribution in [0.2, 0.25) is 0 Å². The Hall–Kier alpha value is -1.91. The molecule has 5 heteroatoms. The average molecular weight is 236 g/mol. The lowest BCUT2D eigenvalue weighted by molar-refractivity contribution is -0.139. The molecule has 1 aliphatic heterocycles. The molecule has 0 aliphatic carbocycles. The molecule has 92 valence electrons. The molecule has 0 bridgehead atoms. The van der Waals surface area contributed by atoms with Gasteiger partial charge in [-0.3, -0.25) is 4.79 Å². The standard InChI is InChI=1S/C12H16N2O3/c1-8-6-14(7-11(15)16-2)12-9(13)4-3-5-10(12)17-8/h3-5,8H,6-7,13H2,1-2H3. The lowest BCUT2D eigenvalue weighted by Gasteiger charge is -2.34. The second kappa shape index (κ2) is 4.53. The largest absolute Gasteiger partial charge is 0.487 e. The van der Waals surface area contributed by atoms with Crippen molar-refractivity contribution in [2.24, 2.45) is 0 Å². The maximum atomic E-state index is 11.4. The number of hydrogen-bond donors (Lipinski definition) is 1. The topological polar surface area (TPSA) is 64.8 Å². The maximum absolute atomic E-state index is 11.4. The first-order valence-electron chi connectivity index (χ1n) is 5.48. The minimum Gasteiger partial charge on any atom is -0.487 e. The molecule has 2 N–H and O–H groups in total. The van der Waals surface area contributed by atoms with Gasteiger partial charge in [0.15, 0.2) is 0 Å². The molecule has 5 nitrogen and oxygen atoms in total. The molecule has 0 aromatic heterocycles. The van der Waals surface area contributed by atoms with E-state index in [0.29, 0.717) is 18.0 Å². The van der Waals surface area contributed by atoms with E-state index >= 15 is 0 Å². The molecule has 0 radical (unpaired) electrons. The van der Waals surface area contributed by atoms with Crippen LogP contribution >= 0.6 is 0 Å². The normalized spacial score (nSPS) is 18.2. The Morgan fingerprint density at radius 2 is 2.41 bits per heavy atom. The number of para-hydroxylation sites is 1. The second-order valence-corrected chi connectivity index (χ2v) is 4.08. The van der Waals surface area contributed by atoms with Crippen LogP contribution < -0.4 is 15.4 Å². The third-order valence-corrected chi connectivity index (χ3v) is 2.70. The third-order valence-electron chi connectivity index (χ3n) is 2.70. The van der Waals surface area contributed by atoms with Gasteiger partial charge in [0.2, 0.25) is 0 Å². The van der Waals surface area contributed by atoms with Gasteiger partial charge >= 0.3 is 5.97 Å². The quantitative estimate of drug-likeness (QED) is 0.613. The van der Waals surface area contributed by atoms with E-state index in [0.717, 1.165) is 5.69 Å². The lowest BCUT2D eigenvalue weighted by atomic mass is 10.1. The first kappa shape index (κ1) is 11.6. The number of fused-ring (bicyclic) bond motifs is 1. The molecule has 0 fully saturated rings. The summed E-state index contributed by atoms with van der Waals surface area (Å²) in [5.41, 5.74) is 7.30. The Kier molecular flexibility index (Phi) is 3.08. The molecule has 1 aromatic carbocycles. The third kappa shape index (κ3) is 2.27. The Morgan fingerprint density at radius 3 is 3.12 bits per heavy atom. The van der Waals surface area contributed by atoms with Crippen molar-refractivity contribution in [3.63, 3.8) is 0 Å². The second-order valence-electron chi connectivity index (χ2n) is 4.08. The summed E-state index contributed by atoms with van der Waals surface area (Å²) in [5.74, 6) is 0.431. The summed E-state index contributed by atoms with van der Waals surface area (Å²) in [6, 6.07) is 5.48. The van der Waals surface area contributed by atoms with Crippen molar-refractivity contribution in [1.82, 2.24) is 0 Å². The Bertz CT molecular complexity index is 434. The zero-order chi connectivity index (χ0) is 12.4. The van der Waals surface area contributed by atoms with Crippen LogP contribution in [0.4, 0.5) is 11.4 Å². The number of ether oxygens (including phenoxy) is 2. The van der Waals surface area contributed by atoms with Crippen LogP contribution in [0, 0.1) is 0 Å². The zero-order valence-electron chi connectivity index (χ0n) is 9.97. The van der Waals surface area contributed by atoms with E-state index in [1.807, 2.05) is 24.0 Å². The predicted molar refractivity (Wildman–Crippen MR) is 65.2 cm³/mol. The van der Waals surface area contributed by atoms with Gasteiger partial charge in [0.1, 0.15) is 24.1 Å². The fraction of sp³-hybridized carbons (Fsp3) is 0.417. The van der Waals surface area contributed by atoms with Gasteiger partial charge < -0.3 is 20.1 Å². The number of benzene rings is 1. The molecular formula is C12H16N2O3. The highest BCUT2D eigenvalue weighted by Crippen LogP contribution is 2.37. The minimum atomic E-state index is -0.284. The Labute approximate surface area is 100 Å². The first-order valence-corrected chi connectivity index (χ1v) is 5.48. The molecule has 0 spiro atoms. The zero-order valence-corrected chi connectivity index (χ0v) is 9.97. The van der Waals surface area contributed by atoms with E-state index in [-0.39, 0.29) is 18.6 Å². The van der Waals surface area contributed by atoms with E-state index in [4.69, 9.17) is 10.5 Å². The fourth-order valence-electron chi connectivity index (χ4n) is 1.99. The summed E-state index contributed by atoms with van der Waals surface area (Å²) in [7, 11) is 1.38. The molecule has 1 heterocycles. The molecule has 1 atom stereocenters. The van der Waals surface area contributed by atoms with Crippen LogP contribution in [0.15, 0.2) is 18.2 Å². The smallest absolute Gasteiger partial charge is 0.325 e. The molecule has 0 saturated carbocycles. The van der Waals surface area contributed by atoms with E-state index in [9.17, 15) is 4.79 Å². The number of esters is 1. The minimum absolute atomic E-state index is 0.0222. The molecular weight excluding hydrogens is 220 g/mol. The Morgan fingerprint density at radius 1 is 1.65 bits per heavy atom. The lowest BCUT2D eigenvalue weighted by Crippen LogP contribution is -2.42. The van der Waals surface area contributed by atoms with Gasteiger partial charge in [0.05, 0.1) is 19.3 Å². The van der Waals surface area contributed by atoms with Crippen LogP contribution in [0.1, 0.15) is 6.92 Å². The Balaban J connectivity index is 2.33. The molecule has 2 rings (SSSR count). The monoisotopic (exact) mass is 236 g/mol. The maximum Gasteiger partial charge on any atom is 0.325 e. The highest BCUT2D eigenvalue weighted by atomic mass is 16.5. The van der Waals surface area contributed by atoms with Crippen molar-refractivity contribution in [2.75, 3.05) is 30.8 Å². The summed E-state index contributed by atoms with van der Waals surface area (Å²) in [6.45, 7) is 2.76. The van der Waals surface area contributed by atoms with Gasteiger partial charge in [-0.2, -0.15) is 0 Å². The van der Waals surface area contributed by atoms with Crippen LogP contribution in [0.25, 0.3) is 0 Å². The first-order chi connectivity index (χ1) is 8.11. The van der Waals surface area contributed by atoms with Crippen LogP contribution in [-0.4, -0.2) is 32.3 Å². The number of rotatable bonds is 2. The van der Waals surface area contributed by atoms with Crippen LogP contribution in [-0.2, 0) is 9.53 Å². The van der Waals surface area contributed by atoms with E-state index < -0.39 is 0 Å².